The number of anilines is 1. The fourth-order valence-corrected chi connectivity index (χ4v) is 4.40. The van der Waals surface area contributed by atoms with Crippen LogP contribution in [0.15, 0.2) is 65.1 Å². The highest BCUT2D eigenvalue weighted by atomic mass is 19.4. The molecule has 1 aliphatic rings. The van der Waals surface area contributed by atoms with E-state index >= 15 is 0 Å². The average Bonchev–Trinajstić information content (AvgIpc) is 3.39. The number of nitrogen functional groups attached to an aromatic ring is 1. The van der Waals surface area contributed by atoms with Crippen molar-refractivity contribution in [3.8, 4) is 23.2 Å². The largest absolute Gasteiger partial charge is 0.438 e. The third-order valence-electron chi connectivity index (χ3n) is 6.65. The summed E-state index contributed by atoms with van der Waals surface area (Å²) < 4.78 is 103. The molecule has 40 heavy (non-hydrogen) atoms. The molecule has 3 heterocycles. The number of rotatable bonds is 3. The quantitative estimate of drug-likeness (QED) is 0.259. The predicted octanol–water partition coefficient (Wildman–Crippen LogP) is 7.40. The van der Waals surface area contributed by atoms with E-state index < -0.39 is 71.5 Å². The van der Waals surface area contributed by atoms with Gasteiger partial charge in [-0.15, -0.1) is 10.2 Å². The van der Waals surface area contributed by atoms with E-state index in [-0.39, 0.29) is 12.2 Å². The van der Waals surface area contributed by atoms with Crippen LogP contribution < -0.4 is 10.5 Å². The molecule has 0 aliphatic carbocycles. The van der Waals surface area contributed by atoms with Crippen LogP contribution >= 0.6 is 0 Å². The molecule has 7 nitrogen and oxygen atoms in total. The van der Waals surface area contributed by atoms with E-state index in [0.29, 0.717) is 17.2 Å². The second kappa shape index (κ2) is 10.1. The fourth-order valence-electron chi connectivity index (χ4n) is 4.40. The van der Waals surface area contributed by atoms with Gasteiger partial charge in [-0.1, -0.05) is 49.4 Å². The number of nitrogens with zero attached hydrogens (tertiary/aromatic N) is 3. The van der Waals surface area contributed by atoms with Crippen molar-refractivity contribution in [1.29, 1.82) is 0 Å². The molecule has 2 N–H and O–H groups in total. The molecule has 13 heteroatoms. The van der Waals surface area contributed by atoms with Gasteiger partial charge in [-0.2, -0.15) is 26.3 Å². The zero-order chi connectivity index (χ0) is 28.7. The molecule has 2 atom stereocenters. The van der Waals surface area contributed by atoms with E-state index in [1.54, 1.807) is 43.3 Å². The Morgan fingerprint density at radius 3 is 2.45 bits per heavy atom. The maximum Gasteiger partial charge on any atom is 0.426 e. The lowest BCUT2D eigenvalue weighted by atomic mass is 9.88. The van der Waals surface area contributed by atoms with Gasteiger partial charge in [-0.3, -0.25) is 0 Å². The molecular formula is C27H22F6N4O3. The van der Waals surface area contributed by atoms with Crippen LogP contribution in [-0.2, 0) is 23.1 Å². The van der Waals surface area contributed by atoms with Gasteiger partial charge in [0.15, 0.2) is 5.69 Å². The number of pyridine rings is 1. The van der Waals surface area contributed by atoms with Crippen molar-refractivity contribution in [1.82, 2.24) is 15.2 Å². The van der Waals surface area contributed by atoms with Crippen LogP contribution in [0, 0.1) is 0 Å². The first-order valence-corrected chi connectivity index (χ1v) is 12.1. The molecule has 0 fully saturated rings. The third kappa shape index (κ3) is 5.20. The average molecular weight is 564 g/mol. The Labute approximate surface area is 223 Å². The highest BCUT2D eigenvalue weighted by Gasteiger charge is 2.61. The lowest BCUT2D eigenvalue weighted by Gasteiger charge is -2.33. The number of ether oxygens (including phenoxy) is 2. The Hall–Kier alpha value is -4.13. The number of hydrogen-bond donors (Lipinski definition) is 1. The van der Waals surface area contributed by atoms with Crippen LogP contribution in [0.2, 0.25) is 0 Å². The first-order valence-electron chi connectivity index (χ1n) is 12.1. The van der Waals surface area contributed by atoms with Gasteiger partial charge >= 0.3 is 12.4 Å². The van der Waals surface area contributed by atoms with Gasteiger partial charge in [-0.05, 0) is 48.1 Å². The normalized spacial score (nSPS) is 19.5. The smallest absolute Gasteiger partial charge is 0.426 e. The summed E-state index contributed by atoms with van der Waals surface area (Å²) in [5.74, 6) is -2.91. The molecule has 6 bridgehead atoms. The molecule has 0 amide bonds. The van der Waals surface area contributed by atoms with E-state index in [0.717, 1.165) is 0 Å². The van der Waals surface area contributed by atoms with Crippen LogP contribution in [0.1, 0.15) is 48.3 Å². The van der Waals surface area contributed by atoms with Crippen molar-refractivity contribution in [2.24, 2.45) is 0 Å². The summed E-state index contributed by atoms with van der Waals surface area (Å²) in [6.07, 6.45) is -10.6. The van der Waals surface area contributed by atoms with Crippen molar-refractivity contribution < 1.29 is 40.2 Å². The molecule has 0 saturated heterocycles. The zero-order valence-corrected chi connectivity index (χ0v) is 20.9. The van der Waals surface area contributed by atoms with E-state index in [1.165, 1.54) is 18.2 Å². The van der Waals surface area contributed by atoms with E-state index in [1.807, 2.05) is 0 Å². The second-order valence-electron chi connectivity index (χ2n) is 9.40. The first-order chi connectivity index (χ1) is 18.9. The predicted molar refractivity (Wildman–Crippen MR) is 130 cm³/mol. The van der Waals surface area contributed by atoms with Crippen molar-refractivity contribution in [3.05, 3.63) is 83.2 Å². The Kier molecular flexibility index (Phi) is 6.94. The van der Waals surface area contributed by atoms with E-state index in [2.05, 4.69) is 15.2 Å². The summed E-state index contributed by atoms with van der Waals surface area (Å²) in [6.45, 7) is 1.25. The maximum atomic E-state index is 14.9. The van der Waals surface area contributed by atoms with Gasteiger partial charge in [0, 0.05) is 0 Å². The molecule has 4 aromatic rings. The number of benzene rings is 2. The lowest BCUT2D eigenvalue weighted by molar-refractivity contribution is -0.300. The lowest BCUT2D eigenvalue weighted by Crippen LogP contribution is -2.45. The summed E-state index contributed by atoms with van der Waals surface area (Å²) in [7, 11) is 0. The van der Waals surface area contributed by atoms with Gasteiger partial charge in [0.25, 0.3) is 11.8 Å². The molecule has 1 aliphatic heterocycles. The van der Waals surface area contributed by atoms with Crippen molar-refractivity contribution in [2.75, 3.05) is 5.73 Å². The molecule has 5 rings (SSSR count). The summed E-state index contributed by atoms with van der Waals surface area (Å²) in [5.41, 5.74) is 1.50. The van der Waals surface area contributed by atoms with Gasteiger partial charge in [0.2, 0.25) is 11.5 Å². The molecule has 2 unspecified atom stereocenters. The number of nitrogens with two attached hydrogens (primary N) is 1. The summed E-state index contributed by atoms with van der Waals surface area (Å²) in [5, 5.41) is 7.31. The van der Waals surface area contributed by atoms with Gasteiger partial charge in [0.05, 0.1) is 12.3 Å². The second-order valence-corrected chi connectivity index (χ2v) is 9.40. The van der Waals surface area contributed by atoms with Crippen LogP contribution in [-0.4, -0.2) is 21.4 Å². The SMILES string of the molecule is CC1CCC(OCc2ccccc2)(C(F)(F)F)c2nnc(o2)-c2nc(c(C(F)(F)F)cc2N)Oc2cccc1c2. The van der Waals surface area contributed by atoms with E-state index in [9.17, 15) is 26.3 Å². The molecule has 0 radical (unpaired) electrons. The number of halogens is 6. The Morgan fingerprint density at radius 1 is 1.00 bits per heavy atom. The Balaban J connectivity index is 1.70. The summed E-state index contributed by atoms with van der Waals surface area (Å²) in [4.78, 5) is 3.86. The molecule has 0 spiro atoms. The van der Waals surface area contributed by atoms with Crippen LogP contribution in [0.3, 0.4) is 0 Å². The minimum atomic E-state index is -5.02. The number of aromatic nitrogens is 3. The molecular weight excluding hydrogens is 542 g/mol. The van der Waals surface area contributed by atoms with Gasteiger partial charge < -0.3 is 19.6 Å². The first kappa shape index (κ1) is 27.4. The van der Waals surface area contributed by atoms with Crippen LogP contribution in [0.5, 0.6) is 11.6 Å². The van der Waals surface area contributed by atoms with E-state index in [4.69, 9.17) is 19.6 Å². The van der Waals surface area contributed by atoms with Gasteiger partial charge in [0.1, 0.15) is 11.3 Å². The molecule has 2 aromatic carbocycles. The molecule has 210 valence electrons. The van der Waals surface area contributed by atoms with Crippen LogP contribution in [0.25, 0.3) is 11.6 Å². The highest BCUT2D eigenvalue weighted by molar-refractivity contribution is 5.68. The van der Waals surface area contributed by atoms with Crippen molar-refractivity contribution in [2.45, 2.75) is 50.2 Å². The van der Waals surface area contributed by atoms with Crippen molar-refractivity contribution >= 4 is 5.69 Å². The topological polar surface area (TPSA) is 96.3 Å². The number of hydrogen-bond acceptors (Lipinski definition) is 7. The monoisotopic (exact) mass is 564 g/mol. The van der Waals surface area contributed by atoms with Crippen LogP contribution in [0.4, 0.5) is 32.0 Å². The standard InChI is InChI=1S/C27H22F6N4O3/c1-15-10-11-25(27(31,32)33,38-14-16-6-3-2-4-7-16)24-37-36-23(40-24)21-20(34)13-19(26(28,29)30)22(35-21)39-18-9-5-8-17(15)12-18/h2-9,12-13,15H,10-11,14,34H2,1H3. The number of fused-ring (bicyclic) bond motifs is 7. The zero-order valence-electron chi connectivity index (χ0n) is 20.9. The highest BCUT2D eigenvalue weighted by Crippen LogP contribution is 2.48. The molecule has 2 aromatic heterocycles. The minimum Gasteiger partial charge on any atom is -0.438 e. The third-order valence-corrected chi connectivity index (χ3v) is 6.65. The Bertz CT molecular complexity index is 1510. The summed E-state index contributed by atoms with van der Waals surface area (Å²) in [6, 6.07) is 14.8. The summed E-state index contributed by atoms with van der Waals surface area (Å²) >= 11 is 0. The minimum absolute atomic E-state index is 0.00348. The molecule has 0 saturated carbocycles. The number of alkyl halides is 6. The maximum absolute atomic E-state index is 14.9. The fraction of sp³-hybridized carbons (Fsp3) is 0.296. The van der Waals surface area contributed by atoms with Gasteiger partial charge in [-0.25, -0.2) is 4.98 Å². The van der Waals surface area contributed by atoms with Crippen molar-refractivity contribution in [3.63, 3.8) is 0 Å². The Morgan fingerprint density at radius 2 is 1.75 bits per heavy atom.